The molecule has 3 amide bonds. The smallest absolute Gasteiger partial charge is 0.247 e. The van der Waals surface area contributed by atoms with Crippen LogP contribution in [0.25, 0.3) is 0 Å². The Balaban J connectivity index is 2.16. The molecule has 0 heterocycles. The SMILES string of the molecule is CC(=O)N[C@H](C(=O)N[C@@H](CCC(=O)C=N)C(=O)NCc1ccc(F)cc1)c1ccc(O)cc1. The fraction of sp³-hybridized carbons (Fsp3) is 0.261. The highest BCUT2D eigenvalue weighted by molar-refractivity contribution is 6.26. The number of rotatable bonds is 11. The van der Waals surface area contributed by atoms with E-state index in [1.165, 1.54) is 55.5 Å². The van der Waals surface area contributed by atoms with Gasteiger partial charge in [-0.05, 0) is 41.8 Å². The van der Waals surface area contributed by atoms with E-state index in [1.54, 1.807) is 0 Å². The minimum Gasteiger partial charge on any atom is -0.508 e. The molecule has 0 unspecified atom stereocenters. The molecule has 2 atom stereocenters. The van der Waals surface area contributed by atoms with Gasteiger partial charge in [-0.25, -0.2) is 4.39 Å². The number of phenolic OH excluding ortho intramolecular Hbond substituents is 1. The van der Waals surface area contributed by atoms with Crippen LogP contribution in [0.3, 0.4) is 0 Å². The van der Waals surface area contributed by atoms with E-state index in [0.717, 1.165) is 0 Å². The molecule has 0 radical (unpaired) electrons. The highest BCUT2D eigenvalue weighted by Crippen LogP contribution is 2.18. The van der Waals surface area contributed by atoms with E-state index in [9.17, 15) is 28.7 Å². The third-order valence-electron chi connectivity index (χ3n) is 4.69. The summed E-state index contributed by atoms with van der Waals surface area (Å²) in [4.78, 5) is 48.9. The number of carbonyl (C=O) groups is 4. The van der Waals surface area contributed by atoms with Crippen molar-refractivity contribution in [3.63, 3.8) is 0 Å². The minimum atomic E-state index is -1.14. The van der Waals surface area contributed by atoms with E-state index in [-0.39, 0.29) is 25.1 Å². The summed E-state index contributed by atoms with van der Waals surface area (Å²) in [6.07, 6.45) is 0.409. The number of phenols is 1. The van der Waals surface area contributed by atoms with Crippen LogP contribution >= 0.6 is 0 Å². The first-order valence-corrected chi connectivity index (χ1v) is 10.1. The van der Waals surface area contributed by atoms with Crippen LogP contribution in [0.4, 0.5) is 4.39 Å². The summed E-state index contributed by atoms with van der Waals surface area (Å²) in [5.41, 5.74) is 1.01. The second-order valence-electron chi connectivity index (χ2n) is 7.28. The van der Waals surface area contributed by atoms with Crippen LogP contribution < -0.4 is 16.0 Å². The number of amides is 3. The van der Waals surface area contributed by atoms with Gasteiger partial charge >= 0.3 is 0 Å². The number of Topliss-reactive ketones (excluding diaryl/α,β-unsaturated/α-hetero) is 1. The first-order chi connectivity index (χ1) is 15.7. The predicted octanol–water partition coefficient (Wildman–Crippen LogP) is 1.51. The summed E-state index contributed by atoms with van der Waals surface area (Å²) >= 11 is 0. The second-order valence-corrected chi connectivity index (χ2v) is 7.28. The number of nitrogens with one attached hydrogen (secondary N) is 4. The Morgan fingerprint density at radius 1 is 1.00 bits per heavy atom. The van der Waals surface area contributed by atoms with Gasteiger partial charge in [-0.1, -0.05) is 24.3 Å². The van der Waals surface area contributed by atoms with Gasteiger partial charge in [-0.2, -0.15) is 0 Å². The van der Waals surface area contributed by atoms with E-state index in [4.69, 9.17) is 5.41 Å². The van der Waals surface area contributed by atoms with Gasteiger partial charge in [0.25, 0.3) is 0 Å². The largest absolute Gasteiger partial charge is 0.508 e. The van der Waals surface area contributed by atoms with Gasteiger partial charge in [0.05, 0.1) is 6.21 Å². The maximum Gasteiger partial charge on any atom is 0.247 e. The van der Waals surface area contributed by atoms with E-state index in [2.05, 4.69) is 16.0 Å². The maximum atomic E-state index is 13.1. The number of aromatic hydroxyl groups is 1. The first-order valence-electron chi connectivity index (χ1n) is 10.1. The van der Waals surface area contributed by atoms with Crippen molar-refractivity contribution in [2.75, 3.05) is 0 Å². The topological polar surface area (TPSA) is 148 Å². The van der Waals surface area contributed by atoms with Crippen LogP contribution in [-0.4, -0.2) is 40.9 Å². The quantitative estimate of drug-likeness (QED) is 0.325. The molecule has 10 heteroatoms. The molecule has 0 saturated heterocycles. The molecular weight excluding hydrogens is 431 g/mol. The molecule has 5 N–H and O–H groups in total. The van der Waals surface area contributed by atoms with Crippen LogP contribution in [-0.2, 0) is 25.7 Å². The Labute approximate surface area is 189 Å². The lowest BCUT2D eigenvalue weighted by atomic mass is 10.0. The van der Waals surface area contributed by atoms with Crippen LogP contribution in [0, 0.1) is 11.2 Å². The number of ketones is 1. The molecule has 2 rings (SSSR count). The predicted molar refractivity (Wildman–Crippen MR) is 118 cm³/mol. The lowest BCUT2D eigenvalue weighted by molar-refractivity contribution is -0.132. The molecule has 0 fully saturated rings. The van der Waals surface area contributed by atoms with Crippen molar-refractivity contribution in [3.05, 3.63) is 65.5 Å². The van der Waals surface area contributed by atoms with Crippen LogP contribution in [0.5, 0.6) is 5.75 Å². The number of hydrogen-bond donors (Lipinski definition) is 5. The number of carbonyl (C=O) groups excluding carboxylic acids is 4. The van der Waals surface area contributed by atoms with Gasteiger partial charge in [0, 0.05) is 19.9 Å². The molecule has 2 aromatic rings. The van der Waals surface area contributed by atoms with Crippen molar-refractivity contribution in [2.45, 2.75) is 38.4 Å². The first kappa shape index (κ1) is 25.2. The van der Waals surface area contributed by atoms with Gasteiger partial charge in [0.2, 0.25) is 17.7 Å². The molecule has 33 heavy (non-hydrogen) atoms. The molecule has 0 aliphatic rings. The van der Waals surface area contributed by atoms with Crippen molar-refractivity contribution in [1.82, 2.24) is 16.0 Å². The Bertz CT molecular complexity index is 1010. The van der Waals surface area contributed by atoms with Crippen molar-refractivity contribution < 1.29 is 28.7 Å². The molecule has 0 bridgehead atoms. The van der Waals surface area contributed by atoms with Crippen molar-refractivity contribution in [2.24, 2.45) is 0 Å². The molecular formula is C23H25FN4O5. The number of benzene rings is 2. The molecule has 0 spiro atoms. The molecule has 9 nitrogen and oxygen atoms in total. The van der Waals surface area contributed by atoms with Gasteiger partial charge in [-0.15, -0.1) is 0 Å². The lowest BCUT2D eigenvalue weighted by Crippen LogP contribution is -2.50. The Morgan fingerprint density at radius 2 is 1.64 bits per heavy atom. The van der Waals surface area contributed by atoms with Crippen molar-refractivity contribution >= 4 is 29.7 Å². The van der Waals surface area contributed by atoms with Crippen LogP contribution in [0.1, 0.15) is 36.9 Å². The molecule has 0 aliphatic heterocycles. The molecule has 174 valence electrons. The summed E-state index contributed by atoms with van der Waals surface area (Å²) in [6.45, 7) is 1.30. The van der Waals surface area contributed by atoms with Gasteiger partial charge in [0.1, 0.15) is 23.7 Å². The highest BCUT2D eigenvalue weighted by Gasteiger charge is 2.27. The Kier molecular flexibility index (Phi) is 9.22. The lowest BCUT2D eigenvalue weighted by Gasteiger charge is -2.23. The average molecular weight is 456 g/mol. The summed E-state index contributed by atoms with van der Waals surface area (Å²) in [5, 5.41) is 24.2. The van der Waals surface area contributed by atoms with Crippen molar-refractivity contribution in [3.8, 4) is 5.75 Å². The maximum absolute atomic E-state index is 13.1. The summed E-state index contributed by atoms with van der Waals surface area (Å²) < 4.78 is 13.1. The third-order valence-corrected chi connectivity index (χ3v) is 4.69. The average Bonchev–Trinajstić information content (AvgIpc) is 2.79. The molecule has 0 aromatic heterocycles. The van der Waals surface area contributed by atoms with Crippen LogP contribution in [0.15, 0.2) is 48.5 Å². The molecule has 0 saturated carbocycles. The molecule has 2 aromatic carbocycles. The zero-order valence-corrected chi connectivity index (χ0v) is 17.9. The van der Waals surface area contributed by atoms with Gasteiger partial charge in [0.15, 0.2) is 5.78 Å². The normalized spacial score (nSPS) is 12.2. The van der Waals surface area contributed by atoms with E-state index in [1.807, 2.05) is 0 Å². The van der Waals surface area contributed by atoms with E-state index >= 15 is 0 Å². The number of halogens is 1. The van der Waals surface area contributed by atoms with Gasteiger partial charge in [-0.3, -0.25) is 19.2 Å². The monoisotopic (exact) mass is 456 g/mol. The summed E-state index contributed by atoms with van der Waals surface area (Å²) in [5.74, 6) is -2.72. The van der Waals surface area contributed by atoms with Crippen LogP contribution in [0.2, 0.25) is 0 Å². The fourth-order valence-corrected chi connectivity index (χ4v) is 2.97. The number of hydrogen-bond acceptors (Lipinski definition) is 6. The summed E-state index contributed by atoms with van der Waals surface area (Å²) in [6, 6.07) is 8.84. The fourth-order valence-electron chi connectivity index (χ4n) is 2.97. The standard InChI is InChI=1S/C23H25FN4O5/c1-14(29)27-21(16-4-8-18(30)9-5-16)23(33)28-20(11-10-19(31)12-25)22(32)26-13-15-2-6-17(24)7-3-15/h2-9,12,20-21,25,30H,10-11,13H2,1H3,(H,26,32)(H,27,29)(H,28,33)/t20-,21-/m0/s1. The third kappa shape index (κ3) is 8.17. The van der Waals surface area contributed by atoms with E-state index < -0.39 is 41.4 Å². The van der Waals surface area contributed by atoms with Gasteiger partial charge < -0.3 is 26.5 Å². The Hall–Kier alpha value is -4.08. The van der Waals surface area contributed by atoms with E-state index in [0.29, 0.717) is 17.3 Å². The van der Waals surface area contributed by atoms with Crippen molar-refractivity contribution in [1.29, 1.82) is 5.41 Å². The minimum absolute atomic E-state index is 0.0241. The highest BCUT2D eigenvalue weighted by atomic mass is 19.1. The summed E-state index contributed by atoms with van der Waals surface area (Å²) in [7, 11) is 0. The zero-order valence-electron chi connectivity index (χ0n) is 17.9. The molecule has 0 aliphatic carbocycles. The second kappa shape index (κ2) is 12.1. The Morgan fingerprint density at radius 3 is 2.21 bits per heavy atom. The zero-order chi connectivity index (χ0) is 24.4.